The number of nitrogens with two attached hydrogens (primary N) is 1. The van der Waals surface area contributed by atoms with Crippen molar-refractivity contribution in [3.8, 4) is 17.0 Å². The van der Waals surface area contributed by atoms with Crippen LogP contribution in [-0.2, 0) is 17.6 Å². The highest BCUT2D eigenvalue weighted by atomic mass is 16.5. The number of unbranched alkanes of at least 4 members (excludes halogenated alkanes) is 1. The van der Waals surface area contributed by atoms with E-state index in [4.69, 9.17) is 10.5 Å². The SMILES string of the molecule is COc1cc2ccccc2cc1-c1[nH]c2ccc(CC(=O)O)cc2c1CCCCN. The van der Waals surface area contributed by atoms with E-state index in [-0.39, 0.29) is 6.42 Å². The lowest BCUT2D eigenvalue weighted by atomic mass is 9.96. The first-order valence-corrected chi connectivity index (χ1v) is 10.2. The summed E-state index contributed by atoms with van der Waals surface area (Å²) in [6.07, 6.45) is 2.78. The number of aromatic amines is 1. The number of rotatable bonds is 8. The Morgan fingerprint density at radius 1 is 1.07 bits per heavy atom. The van der Waals surface area contributed by atoms with Crippen molar-refractivity contribution < 1.29 is 14.6 Å². The predicted octanol–water partition coefficient (Wildman–Crippen LogP) is 4.91. The Kier molecular flexibility index (Phi) is 5.72. The van der Waals surface area contributed by atoms with Crippen molar-refractivity contribution in [2.24, 2.45) is 5.73 Å². The first-order chi connectivity index (χ1) is 14.6. The molecule has 0 radical (unpaired) electrons. The Labute approximate surface area is 175 Å². The molecule has 0 spiro atoms. The summed E-state index contributed by atoms with van der Waals surface area (Å²) >= 11 is 0. The van der Waals surface area contributed by atoms with E-state index in [1.165, 1.54) is 5.56 Å². The van der Waals surface area contributed by atoms with Crippen LogP contribution in [-0.4, -0.2) is 29.7 Å². The van der Waals surface area contributed by atoms with Crippen LogP contribution in [0.25, 0.3) is 32.9 Å². The zero-order chi connectivity index (χ0) is 21.1. The summed E-state index contributed by atoms with van der Waals surface area (Å²) < 4.78 is 5.74. The molecule has 0 aliphatic rings. The zero-order valence-corrected chi connectivity index (χ0v) is 17.1. The number of H-pyrrole nitrogens is 1. The average Bonchev–Trinajstić information content (AvgIpc) is 3.10. The Morgan fingerprint density at radius 3 is 2.53 bits per heavy atom. The van der Waals surface area contributed by atoms with E-state index in [2.05, 4.69) is 29.2 Å². The fraction of sp³-hybridized carbons (Fsp3) is 0.240. The van der Waals surface area contributed by atoms with Gasteiger partial charge < -0.3 is 20.6 Å². The monoisotopic (exact) mass is 402 g/mol. The number of methoxy groups -OCH3 is 1. The van der Waals surface area contributed by atoms with Crippen LogP contribution in [0, 0.1) is 0 Å². The molecule has 3 aromatic carbocycles. The summed E-state index contributed by atoms with van der Waals surface area (Å²) in [4.78, 5) is 14.8. The molecule has 5 heteroatoms. The molecule has 0 bridgehead atoms. The van der Waals surface area contributed by atoms with E-state index >= 15 is 0 Å². The average molecular weight is 402 g/mol. The van der Waals surface area contributed by atoms with Crippen molar-refractivity contribution in [1.82, 2.24) is 4.98 Å². The highest BCUT2D eigenvalue weighted by Crippen LogP contribution is 2.39. The Balaban J connectivity index is 1.91. The molecule has 30 heavy (non-hydrogen) atoms. The van der Waals surface area contributed by atoms with E-state index in [1.807, 2.05) is 30.3 Å². The van der Waals surface area contributed by atoms with Crippen LogP contribution >= 0.6 is 0 Å². The number of hydrogen-bond donors (Lipinski definition) is 3. The molecule has 0 fully saturated rings. The van der Waals surface area contributed by atoms with Gasteiger partial charge in [-0.3, -0.25) is 4.79 Å². The molecule has 4 aromatic rings. The van der Waals surface area contributed by atoms with Crippen LogP contribution < -0.4 is 10.5 Å². The van der Waals surface area contributed by atoms with E-state index < -0.39 is 5.97 Å². The largest absolute Gasteiger partial charge is 0.496 e. The number of carbonyl (C=O) groups is 1. The number of fused-ring (bicyclic) bond motifs is 2. The number of carboxylic acid groups (broad SMARTS) is 1. The second-order valence-corrected chi connectivity index (χ2v) is 7.57. The quantitative estimate of drug-likeness (QED) is 0.366. The van der Waals surface area contributed by atoms with E-state index in [1.54, 1.807) is 7.11 Å². The van der Waals surface area contributed by atoms with Gasteiger partial charge >= 0.3 is 5.97 Å². The maximum atomic E-state index is 11.2. The molecule has 0 saturated heterocycles. The predicted molar refractivity (Wildman–Crippen MR) is 121 cm³/mol. The summed E-state index contributed by atoms with van der Waals surface area (Å²) in [5.74, 6) is -0.0166. The Bertz CT molecular complexity index is 1210. The minimum atomic E-state index is -0.828. The van der Waals surface area contributed by atoms with Gasteiger partial charge in [0, 0.05) is 16.5 Å². The molecular formula is C25H26N2O3. The van der Waals surface area contributed by atoms with Crippen LogP contribution in [0.15, 0.2) is 54.6 Å². The summed E-state index contributed by atoms with van der Waals surface area (Å²) in [6.45, 7) is 0.654. The lowest BCUT2D eigenvalue weighted by molar-refractivity contribution is -0.136. The minimum absolute atomic E-state index is 0.0119. The van der Waals surface area contributed by atoms with Crippen LogP contribution in [0.2, 0.25) is 0 Å². The number of benzene rings is 3. The Hall–Kier alpha value is -3.31. The molecule has 0 saturated carbocycles. The fourth-order valence-corrected chi connectivity index (χ4v) is 4.10. The number of ether oxygens (including phenoxy) is 1. The summed E-state index contributed by atoms with van der Waals surface area (Å²) in [6, 6.07) is 18.3. The standard InChI is InChI=1S/C25H26N2O3/c1-30-23-15-18-7-3-2-6-17(18)14-21(23)25-19(8-4-5-11-26)20-12-16(13-24(28)29)9-10-22(20)27-25/h2-3,6-7,9-10,12,14-15,27H,4-5,8,11,13,26H2,1H3,(H,28,29). The minimum Gasteiger partial charge on any atom is -0.496 e. The van der Waals surface area contributed by atoms with Crippen molar-refractivity contribution in [3.05, 3.63) is 65.7 Å². The third kappa shape index (κ3) is 3.89. The first kappa shape index (κ1) is 20.0. The first-order valence-electron chi connectivity index (χ1n) is 10.2. The molecule has 1 heterocycles. The van der Waals surface area contributed by atoms with Crippen molar-refractivity contribution in [2.45, 2.75) is 25.7 Å². The summed E-state index contributed by atoms with van der Waals surface area (Å²) in [5, 5.41) is 12.5. The molecule has 1 aromatic heterocycles. The van der Waals surface area contributed by atoms with Gasteiger partial charge in [-0.2, -0.15) is 0 Å². The molecule has 0 unspecified atom stereocenters. The molecule has 4 rings (SSSR count). The molecule has 154 valence electrons. The third-order valence-electron chi connectivity index (χ3n) is 5.54. The normalized spacial score (nSPS) is 11.3. The van der Waals surface area contributed by atoms with E-state index in [0.29, 0.717) is 6.54 Å². The van der Waals surface area contributed by atoms with Gasteiger partial charge in [0.25, 0.3) is 0 Å². The third-order valence-corrected chi connectivity index (χ3v) is 5.54. The summed E-state index contributed by atoms with van der Waals surface area (Å²) in [7, 11) is 1.69. The molecule has 5 nitrogen and oxygen atoms in total. The van der Waals surface area contributed by atoms with Crippen molar-refractivity contribution in [1.29, 1.82) is 0 Å². The van der Waals surface area contributed by atoms with Gasteiger partial charge in [0.1, 0.15) is 5.75 Å². The number of carboxylic acids is 1. The number of aromatic nitrogens is 1. The number of aryl methyl sites for hydroxylation is 1. The highest BCUT2D eigenvalue weighted by Gasteiger charge is 2.18. The smallest absolute Gasteiger partial charge is 0.307 e. The van der Waals surface area contributed by atoms with Gasteiger partial charge in [-0.25, -0.2) is 0 Å². The fourth-order valence-electron chi connectivity index (χ4n) is 4.10. The lowest BCUT2D eigenvalue weighted by Gasteiger charge is -2.12. The highest BCUT2D eigenvalue weighted by molar-refractivity contribution is 5.96. The van der Waals surface area contributed by atoms with Gasteiger partial charge in [0.05, 0.1) is 19.2 Å². The molecule has 0 aliphatic heterocycles. The second-order valence-electron chi connectivity index (χ2n) is 7.57. The van der Waals surface area contributed by atoms with Gasteiger partial charge in [-0.15, -0.1) is 0 Å². The maximum absolute atomic E-state index is 11.2. The van der Waals surface area contributed by atoms with Gasteiger partial charge in [0.2, 0.25) is 0 Å². The zero-order valence-electron chi connectivity index (χ0n) is 17.1. The molecule has 4 N–H and O–H groups in total. The topological polar surface area (TPSA) is 88.3 Å². The van der Waals surface area contributed by atoms with Gasteiger partial charge in [-0.05, 0) is 72.0 Å². The lowest BCUT2D eigenvalue weighted by Crippen LogP contribution is -2.00. The number of aliphatic carboxylic acids is 1. The van der Waals surface area contributed by atoms with Crippen LogP contribution in [0.1, 0.15) is 24.0 Å². The number of nitrogens with one attached hydrogen (secondary N) is 1. The van der Waals surface area contributed by atoms with Crippen LogP contribution in [0.4, 0.5) is 0 Å². The summed E-state index contributed by atoms with van der Waals surface area (Å²) in [5.41, 5.74) is 10.7. The number of hydrogen-bond acceptors (Lipinski definition) is 3. The van der Waals surface area contributed by atoms with Crippen molar-refractivity contribution in [3.63, 3.8) is 0 Å². The van der Waals surface area contributed by atoms with Crippen LogP contribution in [0.3, 0.4) is 0 Å². The Morgan fingerprint density at radius 2 is 1.83 bits per heavy atom. The maximum Gasteiger partial charge on any atom is 0.307 e. The van der Waals surface area contributed by atoms with Gasteiger partial charge in [-0.1, -0.05) is 30.3 Å². The molecule has 0 amide bonds. The van der Waals surface area contributed by atoms with Crippen LogP contribution in [0.5, 0.6) is 5.75 Å². The molecular weight excluding hydrogens is 376 g/mol. The van der Waals surface area contributed by atoms with E-state index in [0.717, 1.165) is 63.5 Å². The molecule has 0 atom stereocenters. The molecule has 0 aliphatic carbocycles. The second kappa shape index (κ2) is 8.59. The van der Waals surface area contributed by atoms with Crippen molar-refractivity contribution in [2.75, 3.05) is 13.7 Å². The van der Waals surface area contributed by atoms with E-state index in [9.17, 15) is 9.90 Å². The van der Waals surface area contributed by atoms with Gasteiger partial charge in [0.15, 0.2) is 0 Å². The van der Waals surface area contributed by atoms with Crippen molar-refractivity contribution >= 4 is 27.6 Å².